The Morgan fingerprint density at radius 2 is 0.962 bits per heavy atom. The number of fused-ring (bicyclic) bond motifs is 1. The van der Waals surface area contributed by atoms with Crippen LogP contribution in [0, 0.1) is 20.8 Å². The summed E-state index contributed by atoms with van der Waals surface area (Å²) in [6, 6.07) is 59.1. The van der Waals surface area contributed by atoms with Crippen LogP contribution in [0.4, 0.5) is 0 Å². The molecule has 254 valence electrons. The maximum absolute atomic E-state index is 6.19. The highest BCUT2D eigenvalue weighted by Crippen LogP contribution is 2.43. The van der Waals surface area contributed by atoms with Gasteiger partial charge >= 0.3 is 0 Å². The Morgan fingerprint density at radius 1 is 0.519 bits per heavy atom. The van der Waals surface area contributed by atoms with Gasteiger partial charge in [0.25, 0.3) is 6.33 Å². The van der Waals surface area contributed by atoms with Gasteiger partial charge in [-0.15, -0.1) is 0 Å². The van der Waals surface area contributed by atoms with Gasteiger partial charge in [0, 0.05) is 28.5 Å². The molecule has 2 aromatic heterocycles. The molecule has 3 heteroatoms. The number of benzene rings is 6. The molecule has 3 nitrogen and oxygen atoms in total. The van der Waals surface area contributed by atoms with Crippen LogP contribution in [0.3, 0.4) is 0 Å². The number of rotatable bonds is 9. The van der Waals surface area contributed by atoms with Crippen molar-refractivity contribution >= 4 is 5.52 Å². The summed E-state index contributed by atoms with van der Waals surface area (Å²) < 4.78 is 10.9. The lowest BCUT2D eigenvalue weighted by atomic mass is 9.78. The van der Waals surface area contributed by atoms with Crippen molar-refractivity contribution in [2.75, 3.05) is 7.11 Å². The van der Waals surface area contributed by atoms with E-state index in [-0.39, 0.29) is 11.8 Å². The molecule has 0 fully saturated rings. The Balaban J connectivity index is 1.49. The highest BCUT2D eigenvalue weighted by atomic mass is 16.5. The van der Waals surface area contributed by atoms with Crippen molar-refractivity contribution in [2.45, 2.75) is 32.6 Å². The number of hydrogen-bond acceptors (Lipinski definition) is 1. The quantitative estimate of drug-likeness (QED) is 0.110. The van der Waals surface area contributed by atoms with Gasteiger partial charge in [0.1, 0.15) is 23.3 Å². The molecule has 8 rings (SSSR count). The molecule has 0 aliphatic carbocycles. The second-order valence-electron chi connectivity index (χ2n) is 13.8. The summed E-state index contributed by atoms with van der Waals surface area (Å²) in [7, 11) is 1.78. The number of hydrogen-bond donors (Lipinski definition) is 0. The number of methoxy groups -OCH3 is 1. The monoisotopic (exact) mass is 675 g/mol. The van der Waals surface area contributed by atoms with Gasteiger partial charge in [0.05, 0.1) is 7.11 Å². The molecule has 0 aliphatic rings. The summed E-state index contributed by atoms with van der Waals surface area (Å²) in [6.07, 6.45) is 4.57. The van der Waals surface area contributed by atoms with Crippen LogP contribution in [0.15, 0.2) is 176 Å². The van der Waals surface area contributed by atoms with E-state index in [2.05, 4.69) is 206 Å². The topological polar surface area (TPSA) is 17.5 Å². The summed E-state index contributed by atoms with van der Waals surface area (Å²) in [5.74, 6) is 0.712. The second-order valence-corrected chi connectivity index (χ2v) is 13.8. The lowest BCUT2D eigenvalue weighted by Crippen LogP contribution is -2.33. The summed E-state index contributed by atoms with van der Waals surface area (Å²) in [4.78, 5) is 0. The first-order valence-electron chi connectivity index (χ1n) is 18.0. The van der Waals surface area contributed by atoms with Crippen LogP contribution in [0.25, 0.3) is 22.5 Å². The van der Waals surface area contributed by atoms with E-state index in [1.165, 1.54) is 61.3 Å². The zero-order valence-corrected chi connectivity index (χ0v) is 30.2. The first kappa shape index (κ1) is 33.0. The minimum Gasteiger partial charge on any atom is -0.497 e. The van der Waals surface area contributed by atoms with Gasteiger partial charge in [0.15, 0.2) is 5.52 Å². The van der Waals surface area contributed by atoms with Crippen LogP contribution < -0.4 is 9.30 Å². The van der Waals surface area contributed by atoms with Gasteiger partial charge in [-0.3, -0.25) is 0 Å². The summed E-state index contributed by atoms with van der Waals surface area (Å²) in [6.45, 7) is 6.62. The van der Waals surface area contributed by atoms with Crippen molar-refractivity contribution < 1.29 is 9.30 Å². The van der Waals surface area contributed by atoms with Gasteiger partial charge in [-0.25, -0.2) is 4.57 Å². The van der Waals surface area contributed by atoms with E-state index in [4.69, 9.17) is 4.74 Å². The van der Waals surface area contributed by atoms with Gasteiger partial charge < -0.3 is 4.74 Å². The Hall–Kier alpha value is -6.19. The molecule has 0 saturated heterocycles. The van der Waals surface area contributed by atoms with Gasteiger partial charge in [-0.2, -0.15) is 4.40 Å². The van der Waals surface area contributed by atoms with Crippen molar-refractivity contribution in [3.8, 4) is 22.7 Å². The highest BCUT2D eigenvalue weighted by Gasteiger charge is 2.32. The molecule has 0 saturated carbocycles. The van der Waals surface area contributed by atoms with E-state index in [0.717, 1.165) is 17.0 Å². The molecular weight excluding hydrogens is 633 g/mol. The van der Waals surface area contributed by atoms with Crippen LogP contribution in [0.2, 0.25) is 0 Å². The zero-order valence-electron chi connectivity index (χ0n) is 30.2. The fourth-order valence-corrected chi connectivity index (χ4v) is 8.17. The van der Waals surface area contributed by atoms with Crippen LogP contribution in [0.5, 0.6) is 5.75 Å². The van der Waals surface area contributed by atoms with Crippen molar-refractivity contribution in [1.29, 1.82) is 0 Å². The largest absolute Gasteiger partial charge is 0.497 e. The molecule has 2 heterocycles. The second kappa shape index (κ2) is 14.2. The maximum atomic E-state index is 6.19. The molecular formula is C49H43N2O+. The number of nitrogens with zero attached hydrogens (tertiary/aromatic N) is 2. The Kier molecular flexibility index (Phi) is 9.01. The molecule has 0 atom stereocenters. The Morgan fingerprint density at radius 3 is 1.38 bits per heavy atom. The number of aromatic nitrogens is 2. The smallest absolute Gasteiger partial charge is 0.254 e. The van der Waals surface area contributed by atoms with E-state index in [1.807, 2.05) is 0 Å². The van der Waals surface area contributed by atoms with Crippen molar-refractivity contribution in [3.63, 3.8) is 0 Å². The third kappa shape index (κ3) is 6.20. The minimum absolute atomic E-state index is 0.0602. The molecule has 0 aliphatic heterocycles. The average Bonchev–Trinajstić information content (AvgIpc) is 3.61. The van der Waals surface area contributed by atoms with E-state index in [0.29, 0.717) is 0 Å². The lowest BCUT2D eigenvalue weighted by Gasteiger charge is -2.26. The molecule has 0 N–H and O–H groups in total. The molecule has 52 heavy (non-hydrogen) atoms. The predicted molar refractivity (Wildman–Crippen MR) is 213 cm³/mol. The number of imidazole rings is 1. The minimum atomic E-state index is -0.0602. The van der Waals surface area contributed by atoms with Gasteiger partial charge in [-0.05, 0) is 78.4 Å². The van der Waals surface area contributed by atoms with E-state index >= 15 is 0 Å². The van der Waals surface area contributed by atoms with Crippen LogP contribution >= 0.6 is 0 Å². The number of aryl methyl sites for hydroxylation is 3. The van der Waals surface area contributed by atoms with E-state index in [9.17, 15) is 0 Å². The molecule has 0 amide bonds. The van der Waals surface area contributed by atoms with Crippen molar-refractivity contribution in [1.82, 2.24) is 4.40 Å². The average molecular weight is 676 g/mol. The number of pyridine rings is 1. The number of ether oxygens (including phenoxy) is 1. The van der Waals surface area contributed by atoms with Crippen molar-refractivity contribution in [3.05, 3.63) is 226 Å². The SMILES string of the molecule is COc1cc(C(c2ccccc2)c2ccccc2)c(-[n+]2cc3cccc(-c4c(C)cc(C)cc4C)n3c2)c(C(c2ccccc2)c2ccccc2)c1. The fourth-order valence-electron chi connectivity index (χ4n) is 8.17. The van der Waals surface area contributed by atoms with E-state index < -0.39 is 0 Å². The molecule has 0 unspecified atom stereocenters. The molecule has 6 aromatic carbocycles. The highest BCUT2D eigenvalue weighted by molar-refractivity contribution is 5.71. The first-order valence-corrected chi connectivity index (χ1v) is 18.0. The summed E-state index contributed by atoms with van der Waals surface area (Å²) >= 11 is 0. The van der Waals surface area contributed by atoms with Crippen LogP contribution in [-0.2, 0) is 0 Å². The maximum Gasteiger partial charge on any atom is 0.254 e. The normalized spacial score (nSPS) is 11.4. The van der Waals surface area contributed by atoms with Crippen molar-refractivity contribution in [2.24, 2.45) is 0 Å². The summed E-state index contributed by atoms with van der Waals surface area (Å²) in [5.41, 5.74) is 15.8. The van der Waals surface area contributed by atoms with E-state index in [1.54, 1.807) is 7.11 Å². The molecule has 0 radical (unpaired) electrons. The Labute approximate surface area is 307 Å². The summed E-state index contributed by atoms with van der Waals surface area (Å²) in [5, 5.41) is 0. The Bertz CT molecular complexity index is 2260. The van der Waals surface area contributed by atoms with Gasteiger partial charge in [0.2, 0.25) is 0 Å². The van der Waals surface area contributed by atoms with Crippen LogP contribution in [-0.4, -0.2) is 11.5 Å². The predicted octanol–water partition coefficient (Wildman–Crippen LogP) is 11.2. The lowest BCUT2D eigenvalue weighted by molar-refractivity contribution is -0.595. The first-order chi connectivity index (χ1) is 25.5. The third-order valence-electron chi connectivity index (χ3n) is 10.3. The standard InChI is InChI=1S/C49H43N2O/c1-34-28-35(2)46(36(3)29-34)45-27-17-26-41-32-50(33-51(41)45)49-43(47(37-18-9-5-10-19-37)38-20-11-6-12-21-38)30-42(52-4)31-44(49)48(39-22-13-7-14-23-39)40-24-15-8-16-25-40/h5-33,47-48H,1-4H3/q+1. The van der Waals surface area contributed by atoms with Gasteiger partial charge in [-0.1, -0.05) is 145 Å². The van der Waals surface area contributed by atoms with Crippen LogP contribution in [0.1, 0.15) is 61.9 Å². The third-order valence-corrected chi connectivity index (χ3v) is 10.3. The molecule has 0 bridgehead atoms. The fraction of sp³-hybridized carbons (Fsp3) is 0.122. The molecule has 8 aromatic rings. The zero-order chi connectivity index (χ0) is 35.6. The molecule has 0 spiro atoms.